The van der Waals surface area contributed by atoms with Gasteiger partial charge < -0.3 is 10.4 Å². The topological polar surface area (TPSA) is 104 Å². The highest BCUT2D eigenvalue weighted by Crippen LogP contribution is 2.26. The van der Waals surface area contributed by atoms with Gasteiger partial charge in [-0.3, -0.25) is 4.72 Å². The molecule has 0 amide bonds. The molecule has 0 radical (unpaired) electrons. The molecule has 1 heterocycles. The molecule has 0 unspecified atom stereocenters. The first-order valence-corrected chi connectivity index (χ1v) is 10.5. The molecule has 0 saturated carbocycles. The predicted molar refractivity (Wildman–Crippen MR) is 96.5 cm³/mol. The second-order valence-corrected chi connectivity index (χ2v) is 8.34. The molecule has 1 atom stereocenters. The van der Waals surface area contributed by atoms with Gasteiger partial charge in [0.15, 0.2) is 22.6 Å². The van der Waals surface area contributed by atoms with Crippen LogP contribution in [0, 0.1) is 17.5 Å². The van der Waals surface area contributed by atoms with Gasteiger partial charge in [-0.15, -0.1) is 0 Å². The SMILES string of the molecule is C[C@H](CO)Nc1cc(NS(C)(=O)=O)nc(SCc2ccc(F)c(F)c2F)n1. The number of nitrogens with one attached hydrogen (secondary N) is 2. The molecule has 0 aliphatic heterocycles. The van der Waals surface area contributed by atoms with Gasteiger partial charge in [-0.2, -0.15) is 0 Å². The van der Waals surface area contributed by atoms with Gasteiger partial charge in [-0.1, -0.05) is 17.8 Å². The number of benzene rings is 1. The fraction of sp³-hybridized carbons (Fsp3) is 0.333. The quantitative estimate of drug-likeness (QED) is 0.341. The van der Waals surface area contributed by atoms with Crippen molar-refractivity contribution in [2.24, 2.45) is 0 Å². The molecule has 2 aromatic rings. The van der Waals surface area contributed by atoms with Gasteiger partial charge in [0, 0.05) is 23.4 Å². The summed E-state index contributed by atoms with van der Waals surface area (Å²) in [6.07, 6.45) is 0.946. The fourth-order valence-electron chi connectivity index (χ4n) is 1.92. The van der Waals surface area contributed by atoms with Crippen LogP contribution in [0.4, 0.5) is 24.8 Å². The minimum atomic E-state index is -3.61. The lowest BCUT2D eigenvalue weighted by atomic mass is 10.2. The van der Waals surface area contributed by atoms with E-state index < -0.39 is 27.5 Å². The summed E-state index contributed by atoms with van der Waals surface area (Å²) < 4.78 is 65.1. The monoisotopic (exact) mass is 422 g/mol. The van der Waals surface area contributed by atoms with Gasteiger partial charge in [0.25, 0.3) is 0 Å². The third-order valence-corrected chi connectivity index (χ3v) is 4.61. The summed E-state index contributed by atoms with van der Waals surface area (Å²) in [7, 11) is -3.61. The zero-order chi connectivity index (χ0) is 20.2. The number of rotatable bonds is 8. The summed E-state index contributed by atoms with van der Waals surface area (Å²) in [4.78, 5) is 8.15. The lowest BCUT2D eigenvalue weighted by molar-refractivity contribution is 0.281. The second-order valence-electron chi connectivity index (χ2n) is 5.65. The van der Waals surface area contributed by atoms with Gasteiger partial charge in [0.1, 0.15) is 11.6 Å². The lowest BCUT2D eigenvalue weighted by Crippen LogP contribution is -2.21. The summed E-state index contributed by atoms with van der Waals surface area (Å²) in [5.74, 6) is -4.08. The Balaban J connectivity index is 2.27. The maximum absolute atomic E-state index is 13.8. The van der Waals surface area contributed by atoms with E-state index in [4.69, 9.17) is 5.11 Å². The number of thioether (sulfide) groups is 1. The van der Waals surface area contributed by atoms with E-state index >= 15 is 0 Å². The molecule has 148 valence electrons. The molecule has 0 bridgehead atoms. The molecule has 0 aliphatic carbocycles. The third kappa shape index (κ3) is 6.26. The van der Waals surface area contributed by atoms with E-state index in [9.17, 15) is 21.6 Å². The van der Waals surface area contributed by atoms with Gasteiger partial charge in [0.05, 0.1) is 12.9 Å². The average molecular weight is 422 g/mol. The van der Waals surface area contributed by atoms with Gasteiger partial charge in [0.2, 0.25) is 10.0 Å². The van der Waals surface area contributed by atoms with Crippen molar-refractivity contribution in [3.63, 3.8) is 0 Å². The van der Waals surface area contributed by atoms with Gasteiger partial charge >= 0.3 is 0 Å². The summed E-state index contributed by atoms with van der Waals surface area (Å²) in [5.41, 5.74) is -0.0952. The fourth-order valence-corrected chi connectivity index (χ4v) is 3.24. The minimum absolute atomic E-state index is 0.0339. The number of hydrogen-bond acceptors (Lipinski definition) is 7. The number of hydrogen-bond donors (Lipinski definition) is 3. The van der Waals surface area contributed by atoms with Crippen molar-refractivity contribution in [3.05, 3.63) is 41.2 Å². The second kappa shape index (κ2) is 8.76. The summed E-state index contributed by atoms with van der Waals surface area (Å²) >= 11 is 0.903. The Kier molecular flexibility index (Phi) is 6.89. The standard InChI is InChI=1S/C15H17F3N4O3S2/c1-8(6-23)19-11-5-12(22-27(2,24)25)21-15(20-11)26-7-9-3-4-10(16)14(18)13(9)17/h3-5,8,23H,6-7H2,1-2H3,(H2,19,20,21,22)/t8-/m1/s1. The molecule has 0 spiro atoms. The molecule has 12 heteroatoms. The summed E-state index contributed by atoms with van der Waals surface area (Å²) in [6, 6.07) is 2.88. The summed E-state index contributed by atoms with van der Waals surface area (Å²) in [5, 5.41) is 12.0. The largest absolute Gasteiger partial charge is 0.394 e. The van der Waals surface area contributed by atoms with E-state index in [0.717, 1.165) is 30.2 Å². The Morgan fingerprint density at radius 1 is 1.19 bits per heavy atom. The normalized spacial score (nSPS) is 12.7. The van der Waals surface area contributed by atoms with Crippen LogP contribution >= 0.6 is 11.8 Å². The Morgan fingerprint density at radius 3 is 2.48 bits per heavy atom. The lowest BCUT2D eigenvalue weighted by Gasteiger charge is -2.14. The highest BCUT2D eigenvalue weighted by atomic mass is 32.2. The van der Waals surface area contributed by atoms with Crippen molar-refractivity contribution in [2.75, 3.05) is 22.9 Å². The molecular formula is C15H17F3N4O3S2. The highest BCUT2D eigenvalue weighted by Gasteiger charge is 2.15. The van der Waals surface area contributed by atoms with Crippen LogP contribution in [0.25, 0.3) is 0 Å². The predicted octanol–water partition coefficient (Wildman–Crippen LogP) is 2.35. The van der Waals surface area contributed by atoms with Crippen LogP contribution in [0.3, 0.4) is 0 Å². The van der Waals surface area contributed by atoms with Crippen molar-refractivity contribution in [3.8, 4) is 0 Å². The molecule has 27 heavy (non-hydrogen) atoms. The number of sulfonamides is 1. The zero-order valence-corrected chi connectivity index (χ0v) is 16.0. The van der Waals surface area contributed by atoms with Crippen LogP contribution in [-0.2, 0) is 15.8 Å². The van der Waals surface area contributed by atoms with Crippen molar-refractivity contribution >= 4 is 33.4 Å². The van der Waals surface area contributed by atoms with E-state index in [0.29, 0.717) is 0 Å². The number of aliphatic hydroxyl groups excluding tert-OH is 1. The molecule has 0 aliphatic rings. The number of halogens is 3. The Labute approximate surface area is 158 Å². The van der Waals surface area contributed by atoms with Crippen LogP contribution in [-0.4, -0.2) is 42.4 Å². The molecular weight excluding hydrogens is 405 g/mol. The first-order valence-electron chi connectivity index (χ1n) is 7.58. The maximum atomic E-state index is 13.8. The number of anilines is 2. The van der Waals surface area contributed by atoms with Crippen LogP contribution in [0.1, 0.15) is 12.5 Å². The third-order valence-electron chi connectivity index (χ3n) is 3.14. The molecule has 1 aromatic heterocycles. The van der Waals surface area contributed by atoms with Crippen LogP contribution < -0.4 is 10.0 Å². The number of aromatic nitrogens is 2. The van der Waals surface area contributed by atoms with Crippen molar-refractivity contribution in [1.82, 2.24) is 9.97 Å². The number of nitrogens with zero attached hydrogens (tertiary/aromatic N) is 2. The van der Waals surface area contributed by atoms with E-state index in [1.807, 2.05) is 0 Å². The first kappa shape index (κ1) is 21.3. The highest BCUT2D eigenvalue weighted by molar-refractivity contribution is 7.98. The smallest absolute Gasteiger partial charge is 0.230 e. The van der Waals surface area contributed by atoms with Gasteiger partial charge in [-0.05, 0) is 13.0 Å². The van der Waals surface area contributed by atoms with E-state index in [-0.39, 0.29) is 40.8 Å². The van der Waals surface area contributed by atoms with Crippen LogP contribution in [0.5, 0.6) is 0 Å². The first-order chi connectivity index (χ1) is 12.6. The van der Waals surface area contributed by atoms with Gasteiger partial charge in [-0.25, -0.2) is 31.6 Å². The molecule has 0 fully saturated rings. The molecule has 1 aromatic carbocycles. The van der Waals surface area contributed by atoms with E-state index in [1.165, 1.54) is 6.07 Å². The van der Waals surface area contributed by atoms with Crippen LogP contribution in [0.2, 0.25) is 0 Å². The van der Waals surface area contributed by atoms with Crippen molar-refractivity contribution in [1.29, 1.82) is 0 Å². The minimum Gasteiger partial charge on any atom is -0.394 e. The van der Waals surface area contributed by atoms with Crippen LogP contribution in [0.15, 0.2) is 23.4 Å². The maximum Gasteiger partial charge on any atom is 0.230 e. The number of aliphatic hydroxyl groups is 1. The van der Waals surface area contributed by atoms with Crippen molar-refractivity contribution < 1.29 is 26.7 Å². The molecule has 2 rings (SSSR count). The molecule has 7 nitrogen and oxygen atoms in total. The molecule has 0 saturated heterocycles. The average Bonchev–Trinajstić information content (AvgIpc) is 2.57. The van der Waals surface area contributed by atoms with E-state index in [2.05, 4.69) is 20.0 Å². The zero-order valence-electron chi connectivity index (χ0n) is 14.3. The Bertz CT molecular complexity index is 929. The van der Waals surface area contributed by atoms with E-state index in [1.54, 1.807) is 6.92 Å². The van der Waals surface area contributed by atoms with Crippen molar-refractivity contribution in [2.45, 2.75) is 23.9 Å². The summed E-state index contributed by atoms with van der Waals surface area (Å²) in [6.45, 7) is 1.48. The Morgan fingerprint density at radius 2 is 1.85 bits per heavy atom. The Hall–Kier alpha value is -2.05. The molecule has 3 N–H and O–H groups in total.